The Labute approximate surface area is 105 Å². The molecule has 0 unspecified atom stereocenters. The Morgan fingerprint density at radius 3 is 2.39 bits per heavy atom. The Kier molecular flexibility index (Phi) is 3.59. The van der Waals surface area contributed by atoms with Crippen LogP contribution in [0.5, 0.6) is 5.75 Å². The van der Waals surface area contributed by atoms with E-state index in [0.717, 1.165) is 17.0 Å². The van der Waals surface area contributed by atoms with Gasteiger partial charge in [0, 0.05) is 11.3 Å². The average molecular weight is 245 g/mol. The first-order chi connectivity index (χ1) is 8.74. The van der Waals surface area contributed by atoms with Gasteiger partial charge in [0.15, 0.2) is 0 Å². The van der Waals surface area contributed by atoms with E-state index in [-0.39, 0.29) is 0 Å². The number of aromatic nitrogens is 2. The second-order valence-electron chi connectivity index (χ2n) is 3.69. The smallest absolute Gasteiger partial charge is 0.148 e. The van der Waals surface area contributed by atoms with Crippen molar-refractivity contribution < 1.29 is 4.74 Å². The molecule has 0 aliphatic carbocycles. The minimum Gasteiger partial charge on any atom is -0.497 e. The van der Waals surface area contributed by atoms with E-state index in [4.69, 9.17) is 10.6 Å². The number of anilines is 3. The fraction of sp³-hybridized carbons (Fsp3) is 0.167. The Hall–Kier alpha value is -2.34. The van der Waals surface area contributed by atoms with Gasteiger partial charge in [-0.25, -0.2) is 15.8 Å². The number of nitrogen functional groups attached to an aromatic ring is 1. The standard InChI is InChI=1S/C12H15N5O/c1-8-11(14-7-15-12(8)17-13)16-9-3-5-10(18-2)6-4-9/h3-7H,13H2,1-2H3,(H2,14,15,16,17). The molecule has 0 spiro atoms. The van der Waals surface area contributed by atoms with Gasteiger partial charge in [0.05, 0.1) is 7.11 Å². The Bertz CT molecular complexity index is 526. The van der Waals surface area contributed by atoms with Gasteiger partial charge in [-0.2, -0.15) is 0 Å². The largest absolute Gasteiger partial charge is 0.497 e. The van der Waals surface area contributed by atoms with Crippen LogP contribution >= 0.6 is 0 Å². The second-order valence-corrected chi connectivity index (χ2v) is 3.69. The molecule has 0 amide bonds. The quantitative estimate of drug-likeness (QED) is 0.563. The first-order valence-corrected chi connectivity index (χ1v) is 5.44. The zero-order valence-electron chi connectivity index (χ0n) is 10.3. The molecular weight excluding hydrogens is 230 g/mol. The lowest BCUT2D eigenvalue weighted by Gasteiger charge is -2.11. The molecule has 1 aromatic carbocycles. The molecule has 0 saturated carbocycles. The summed E-state index contributed by atoms with van der Waals surface area (Å²) in [5.41, 5.74) is 4.30. The van der Waals surface area contributed by atoms with Crippen molar-refractivity contribution >= 4 is 17.3 Å². The molecule has 1 heterocycles. The molecular formula is C12H15N5O. The van der Waals surface area contributed by atoms with Gasteiger partial charge in [0.2, 0.25) is 0 Å². The molecule has 0 atom stereocenters. The van der Waals surface area contributed by atoms with Crippen molar-refractivity contribution in [3.05, 3.63) is 36.2 Å². The van der Waals surface area contributed by atoms with E-state index in [1.807, 2.05) is 31.2 Å². The van der Waals surface area contributed by atoms with Crippen LogP contribution in [0.15, 0.2) is 30.6 Å². The highest BCUT2D eigenvalue weighted by Gasteiger charge is 2.05. The number of nitrogens with two attached hydrogens (primary N) is 1. The maximum absolute atomic E-state index is 5.37. The summed E-state index contributed by atoms with van der Waals surface area (Å²) in [6, 6.07) is 7.58. The number of hydrogen-bond acceptors (Lipinski definition) is 6. The zero-order valence-corrected chi connectivity index (χ0v) is 10.3. The number of hydrazine groups is 1. The normalized spacial score (nSPS) is 9.94. The average Bonchev–Trinajstić information content (AvgIpc) is 2.42. The molecule has 1 aromatic heterocycles. The van der Waals surface area contributed by atoms with Gasteiger partial charge >= 0.3 is 0 Å². The van der Waals surface area contributed by atoms with Crippen LogP contribution in [0.4, 0.5) is 17.3 Å². The van der Waals surface area contributed by atoms with Gasteiger partial charge in [0.1, 0.15) is 23.7 Å². The first-order valence-electron chi connectivity index (χ1n) is 5.44. The van der Waals surface area contributed by atoms with Crippen molar-refractivity contribution in [1.29, 1.82) is 0 Å². The van der Waals surface area contributed by atoms with Crippen molar-refractivity contribution in [2.24, 2.45) is 5.84 Å². The number of benzene rings is 1. The predicted octanol–water partition coefficient (Wildman–Crippen LogP) is 1.82. The first kappa shape index (κ1) is 12.1. The molecule has 0 aliphatic heterocycles. The van der Waals surface area contributed by atoms with E-state index in [1.54, 1.807) is 7.11 Å². The van der Waals surface area contributed by atoms with Gasteiger partial charge in [-0.15, -0.1) is 0 Å². The van der Waals surface area contributed by atoms with Gasteiger partial charge in [-0.3, -0.25) is 0 Å². The van der Waals surface area contributed by atoms with Crippen molar-refractivity contribution in [3.63, 3.8) is 0 Å². The lowest BCUT2D eigenvalue weighted by atomic mass is 10.2. The van der Waals surface area contributed by atoms with E-state index in [9.17, 15) is 0 Å². The molecule has 4 N–H and O–H groups in total. The summed E-state index contributed by atoms with van der Waals surface area (Å²) >= 11 is 0. The minimum atomic E-state index is 0.598. The van der Waals surface area contributed by atoms with Crippen LogP contribution in [0, 0.1) is 6.92 Å². The highest BCUT2D eigenvalue weighted by Crippen LogP contribution is 2.23. The van der Waals surface area contributed by atoms with Crippen LogP contribution in [0.25, 0.3) is 0 Å². The summed E-state index contributed by atoms with van der Waals surface area (Å²) in [7, 11) is 1.64. The molecule has 6 nitrogen and oxygen atoms in total. The highest BCUT2D eigenvalue weighted by atomic mass is 16.5. The molecule has 94 valence electrons. The second kappa shape index (κ2) is 5.33. The van der Waals surface area contributed by atoms with E-state index in [2.05, 4.69) is 20.7 Å². The number of methoxy groups -OCH3 is 1. The van der Waals surface area contributed by atoms with Gasteiger partial charge in [-0.05, 0) is 31.2 Å². The van der Waals surface area contributed by atoms with Gasteiger partial charge in [0.25, 0.3) is 0 Å². The molecule has 2 aromatic rings. The zero-order chi connectivity index (χ0) is 13.0. The summed E-state index contributed by atoms with van der Waals surface area (Å²) in [5.74, 6) is 7.49. The lowest BCUT2D eigenvalue weighted by molar-refractivity contribution is 0.415. The number of hydrogen-bond donors (Lipinski definition) is 3. The van der Waals surface area contributed by atoms with E-state index in [1.165, 1.54) is 6.33 Å². The van der Waals surface area contributed by atoms with E-state index >= 15 is 0 Å². The fourth-order valence-electron chi connectivity index (χ4n) is 1.53. The number of rotatable bonds is 4. The molecule has 0 bridgehead atoms. The van der Waals surface area contributed by atoms with Gasteiger partial charge in [-0.1, -0.05) is 0 Å². The molecule has 0 fully saturated rings. The molecule has 0 radical (unpaired) electrons. The Balaban J connectivity index is 2.22. The van der Waals surface area contributed by atoms with E-state index in [0.29, 0.717) is 11.6 Å². The van der Waals surface area contributed by atoms with Crippen molar-refractivity contribution in [2.45, 2.75) is 6.92 Å². The fourth-order valence-corrected chi connectivity index (χ4v) is 1.53. The lowest BCUT2D eigenvalue weighted by Crippen LogP contribution is -2.11. The molecule has 2 rings (SSSR count). The SMILES string of the molecule is COc1ccc(Nc2ncnc(NN)c2C)cc1. The molecule has 18 heavy (non-hydrogen) atoms. The number of ether oxygens (including phenoxy) is 1. The number of nitrogens with one attached hydrogen (secondary N) is 2. The summed E-state index contributed by atoms with van der Waals surface area (Å²) in [4.78, 5) is 8.19. The van der Waals surface area contributed by atoms with Crippen molar-refractivity contribution in [2.75, 3.05) is 17.9 Å². The number of nitrogens with zero attached hydrogens (tertiary/aromatic N) is 2. The van der Waals surface area contributed by atoms with Gasteiger partial charge < -0.3 is 15.5 Å². The van der Waals surface area contributed by atoms with E-state index < -0.39 is 0 Å². The van der Waals surface area contributed by atoms with Crippen LogP contribution in [0.1, 0.15) is 5.56 Å². The summed E-state index contributed by atoms with van der Waals surface area (Å²) < 4.78 is 5.10. The topological polar surface area (TPSA) is 85.1 Å². The van der Waals surface area contributed by atoms with Crippen LogP contribution in [-0.2, 0) is 0 Å². The monoisotopic (exact) mass is 245 g/mol. The summed E-state index contributed by atoms with van der Waals surface area (Å²) in [5, 5.41) is 3.20. The molecule has 6 heteroatoms. The van der Waals surface area contributed by atoms with Crippen LogP contribution in [0.2, 0.25) is 0 Å². The minimum absolute atomic E-state index is 0.598. The summed E-state index contributed by atoms with van der Waals surface area (Å²) in [6.45, 7) is 1.89. The van der Waals surface area contributed by atoms with Crippen molar-refractivity contribution in [3.8, 4) is 5.75 Å². The Morgan fingerprint density at radius 1 is 1.11 bits per heavy atom. The Morgan fingerprint density at radius 2 is 1.78 bits per heavy atom. The van der Waals surface area contributed by atoms with Crippen LogP contribution in [-0.4, -0.2) is 17.1 Å². The van der Waals surface area contributed by atoms with Crippen LogP contribution < -0.4 is 21.3 Å². The maximum Gasteiger partial charge on any atom is 0.148 e. The molecule has 0 saturated heterocycles. The highest BCUT2D eigenvalue weighted by molar-refractivity contribution is 5.64. The third-order valence-electron chi connectivity index (χ3n) is 2.57. The third-order valence-corrected chi connectivity index (χ3v) is 2.57. The maximum atomic E-state index is 5.37. The van der Waals surface area contributed by atoms with Crippen LogP contribution in [0.3, 0.4) is 0 Å². The summed E-state index contributed by atoms with van der Waals surface area (Å²) in [6.07, 6.45) is 1.45. The van der Waals surface area contributed by atoms with Crippen molar-refractivity contribution in [1.82, 2.24) is 9.97 Å². The third kappa shape index (κ3) is 2.49. The molecule has 0 aliphatic rings. The predicted molar refractivity (Wildman–Crippen MR) is 70.9 cm³/mol.